The van der Waals surface area contributed by atoms with Gasteiger partial charge in [0.25, 0.3) is 5.91 Å². The molecule has 3 aromatic rings. The van der Waals surface area contributed by atoms with Crippen molar-refractivity contribution < 1.29 is 14.3 Å². The Labute approximate surface area is 236 Å². The second-order valence-corrected chi connectivity index (χ2v) is 11.5. The van der Waals surface area contributed by atoms with Gasteiger partial charge in [0.2, 0.25) is 5.91 Å². The van der Waals surface area contributed by atoms with Gasteiger partial charge in [-0.15, -0.1) is 0 Å². The molecule has 190 valence electrons. The maximum atomic E-state index is 13.6. The Morgan fingerprint density at radius 2 is 1.61 bits per heavy atom. The van der Waals surface area contributed by atoms with E-state index < -0.39 is 11.6 Å². The molecule has 0 radical (unpaired) electrons. The van der Waals surface area contributed by atoms with E-state index in [9.17, 15) is 9.59 Å². The van der Waals surface area contributed by atoms with Gasteiger partial charge in [-0.25, -0.2) is 0 Å². The van der Waals surface area contributed by atoms with Crippen LogP contribution in [0, 0.1) is 3.57 Å². The second-order valence-electron chi connectivity index (χ2n) is 9.46. The number of hydrogen-bond acceptors (Lipinski definition) is 3. The lowest BCUT2D eigenvalue weighted by molar-refractivity contribution is -0.143. The highest BCUT2D eigenvalue weighted by Crippen LogP contribution is 2.25. The summed E-state index contributed by atoms with van der Waals surface area (Å²) in [4.78, 5) is 28.7. The van der Waals surface area contributed by atoms with Crippen LogP contribution >= 0.6 is 45.8 Å². The molecule has 0 fully saturated rings. The lowest BCUT2D eigenvalue weighted by Crippen LogP contribution is -2.55. The third-order valence-corrected chi connectivity index (χ3v) is 6.74. The van der Waals surface area contributed by atoms with Crippen LogP contribution in [0.25, 0.3) is 0 Å². The summed E-state index contributed by atoms with van der Waals surface area (Å²) in [5, 5.41) is 3.85. The van der Waals surface area contributed by atoms with Gasteiger partial charge in [0.05, 0.1) is 10.0 Å². The van der Waals surface area contributed by atoms with Crippen LogP contribution in [-0.4, -0.2) is 34.9 Å². The molecule has 3 aromatic carbocycles. The summed E-state index contributed by atoms with van der Waals surface area (Å²) in [7, 11) is 0. The number of benzene rings is 3. The van der Waals surface area contributed by atoms with Crippen molar-refractivity contribution in [1.82, 2.24) is 10.2 Å². The standard InChI is InChI=1S/C28H29Cl2IN2O3/c1-28(2,3)32-27(35)25(16-19-7-5-4-6-8-19)33(17-20-9-14-23(29)24(30)15-20)26(34)18-36-22-12-10-21(31)11-13-22/h4-15,25H,16-18H2,1-3H3,(H,32,35)/t25-/m0/s1. The summed E-state index contributed by atoms with van der Waals surface area (Å²) in [6.07, 6.45) is 0.347. The van der Waals surface area contributed by atoms with Gasteiger partial charge in [-0.2, -0.15) is 0 Å². The first-order valence-electron chi connectivity index (χ1n) is 11.5. The smallest absolute Gasteiger partial charge is 0.261 e. The van der Waals surface area contributed by atoms with E-state index in [1.165, 1.54) is 0 Å². The van der Waals surface area contributed by atoms with Crippen LogP contribution in [0.5, 0.6) is 5.75 Å². The molecule has 0 aliphatic heterocycles. The molecule has 2 amide bonds. The third kappa shape index (κ3) is 8.68. The van der Waals surface area contributed by atoms with Gasteiger partial charge < -0.3 is 15.0 Å². The summed E-state index contributed by atoms with van der Waals surface area (Å²) in [6.45, 7) is 5.69. The zero-order valence-corrected chi connectivity index (χ0v) is 24.1. The van der Waals surface area contributed by atoms with E-state index in [2.05, 4.69) is 27.9 Å². The minimum absolute atomic E-state index is 0.167. The molecule has 5 nitrogen and oxygen atoms in total. The summed E-state index contributed by atoms with van der Waals surface area (Å²) in [6, 6.07) is 21.5. The summed E-state index contributed by atoms with van der Waals surface area (Å²) < 4.78 is 6.86. The first-order valence-corrected chi connectivity index (χ1v) is 13.3. The molecular formula is C28H29Cl2IN2O3. The van der Waals surface area contributed by atoms with Crippen molar-refractivity contribution in [3.8, 4) is 5.75 Å². The fourth-order valence-electron chi connectivity index (χ4n) is 3.60. The van der Waals surface area contributed by atoms with Gasteiger partial charge in [-0.1, -0.05) is 59.6 Å². The van der Waals surface area contributed by atoms with Crippen molar-refractivity contribution >= 4 is 57.6 Å². The molecular weight excluding hydrogens is 610 g/mol. The number of carbonyl (C=O) groups is 2. The van der Waals surface area contributed by atoms with E-state index >= 15 is 0 Å². The summed E-state index contributed by atoms with van der Waals surface area (Å²) in [5.74, 6) is 0.0237. The SMILES string of the molecule is CC(C)(C)NC(=O)[C@H](Cc1ccccc1)N(Cc1ccc(Cl)c(Cl)c1)C(=O)COc1ccc(I)cc1. The molecule has 0 spiro atoms. The second kappa shape index (κ2) is 12.8. The highest BCUT2D eigenvalue weighted by atomic mass is 127. The monoisotopic (exact) mass is 638 g/mol. The van der Waals surface area contributed by atoms with Crippen LogP contribution in [-0.2, 0) is 22.6 Å². The molecule has 0 aliphatic carbocycles. The fraction of sp³-hybridized carbons (Fsp3) is 0.286. The highest BCUT2D eigenvalue weighted by Gasteiger charge is 2.32. The van der Waals surface area contributed by atoms with E-state index in [1.54, 1.807) is 23.1 Å². The van der Waals surface area contributed by atoms with Crippen LogP contribution in [0.3, 0.4) is 0 Å². The number of nitrogens with zero attached hydrogens (tertiary/aromatic N) is 1. The van der Waals surface area contributed by atoms with Crippen molar-refractivity contribution in [3.05, 3.63) is 97.5 Å². The van der Waals surface area contributed by atoms with Gasteiger partial charge in [0.15, 0.2) is 6.61 Å². The first kappa shape index (κ1) is 28.3. The van der Waals surface area contributed by atoms with Crippen molar-refractivity contribution in [2.45, 2.75) is 45.3 Å². The number of rotatable bonds is 9. The predicted octanol–water partition coefficient (Wildman–Crippen LogP) is 6.53. The zero-order valence-electron chi connectivity index (χ0n) is 20.4. The van der Waals surface area contributed by atoms with Crippen LogP contribution in [0.4, 0.5) is 0 Å². The van der Waals surface area contributed by atoms with Crippen molar-refractivity contribution in [3.63, 3.8) is 0 Å². The molecule has 1 atom stereocenters. The molecule has 0 saturated carbocycles. The molecule has 0 heterocycles. The predicted molar refractivity (Wildman–Crippen MR) is 153 cm³/mol. The van der Waals surface area contributed by atoms with E-state index in [4.69, 9.17) is 27.9 Å². The third-order valence-electron chi connectivity index (χ3n) is 5.28. The molecule has 0 aromatic heterocycles. The molecule has 36 heavy (non-hydrogen) atoms. The maximum Gasteiger partial charge on any atom is 0.261 e. The lowest BCUT2D eigenvalue weighted by Gasteiger charge is -2.33. The Bertz CT molecular complexity index is 1180. The van der Waals surface area contributed by atoms with E-state index in [0.717, 1.165) is 14.7 Å². The van der Waals surface area contributed by atoms with Crippen LogP contribution in [0.2, 0.25) is 10.0 Å². The summed E-state index contributed by atoms with van der Waals surface area (Å²) >= 11 is 14.6. The van der Waals surface area contributed by atoms with E-state index in [-0.39, 0.29) is 25.0 Å². The van der Waals surface area contributed by atoms with Crippen LogP contribution in [0.1, 0.15) is 31.9 Å². The van der Waals surface area contributed by atoms with Crippen LogP contribution < -0.4 is 10.1 Å². The summed E-state index contributed by atoms with van der Waals surface area (Å²) in [5.41, 5.74) is 1.23. The molecule has 0 saturated heterocycles. The van der Waals surface area contributed by atoms with Crippen molar-refractivity contribution in [2.24, 2.45) is 0 Å². The average molecular weight is 639 g/mol. The molecule has 0 bridgehead atoms. The van der Waals surface area contributed by atoms with Crippen molar-refractivity contribution in [1.29, 1.82) is 0 Å². The van der Waals surface area contributed by atoms with Gasteiger partial charge in [0.1, 0.15) is 11.8 Å². The Balaban J connectivity index is 1.94. The van der Waals surface area contributed by atoms with Crippen molar-refractivity contribution in [2.75, 3.05) is 6.61 Å². The quantitative estimate of drug-likeness (QED) is 0.271. The molecule has 1 N–H and O–H groups in total. The normalized spacial score (nSPS) is 12.1. The highest BCUT2D eigenvalue weighted by molar-refractivity contribution is 14.1. The molecule has 8 heteroatoms. The molecule has 0 aliphatic rings. The zero-order chi connectivity index (χ0) is 26.3. The number of ether oxygens (including phenoxy) is 1. The van der Waals surface area contributed by atoms with Gasteiger partial charge >= 0.3 is 0 Å². The Morgan fingerprint density at radius 3 is 2.22 bits per heavy atom. The minimum Gasteiger partial charge on any atom is -0.484 e. The topological polar surface area (TPSA) is 58.6 Å². The van der Waals surface area contributed by atoms with Crippen LogP contribution in [0.15, 0.2) is 72.8 Å². The Hall–Kier alpha value is -2.29. The average Bonchev–Trinajstić information content (AvgIpc) is 2.82. The molecule has 0 unspecified atom stereocenters. The van der Waals surface area contributed by atoms with E-state index in [1.807, 2.05) is 75.4 Å². The lowest BCUT2D eigenvalue weighted by atomic mass is 10.0. The van der Waals surface area contributed by atoms with E-state index in [0.29, 0.717) is 22.2 Å². The number of carbonyl (C=O) groups excluding carboxylic acids is 2. The van der Waals surface area contributed by atoms with Gasteiger partial charge in [0, 0.05) is 22.1 Å². The Morgan fingerprint density at radius 1 is 0.944 bits per heavy atom. The van der Waals surface area contributed by atoms with Gasteiger partial charge in [-0.05, 0) is 90.9 Å². The fourth-order valence-corrected chi connectivity index (χ4v) is 4.28. The Kier molecular flexibility index (Phi) is 10.0. The number of amides is 2. The number of nitrogens with one attached hydrogen (secondary N) is 1. The number of halogens is 3. The largest absolute Gasteiger partial charge is 0.484 e. The number of hydrogen-bond donors (Lipinski definition) is 1. The van der Waals surface area contributed by atoms with Gasteiger partial charge in [-0.3, -0.25) is 9.59 Å². The maximum absolute atomic E-state index is 13.6. The molecule has 3 rings (SSSR count). The minimum atomic E-state index is -0.770. The first-order chi connectivity index (χ1) is 17.0.